The van der Waals surface area contributed by atoms with Crippen LogP contribution in [0.1, 0.15) is 0 Å². The van der Waals surface area contributed by atoms with Gasteiger partial charge in [0.1, 0.15) is 0 Å². The van der Waals surface area contributed by atoms with Crippen molar-refractivity contribution in [1.82, 2.24) is 4.90 Å². The molecule has 0 atom stereocenters. The van der Waals surface area contributed by atoms with Crippen LogP contribution in [0.4, 0.5) is 11.4 Å². The van der Waals surface area contributed by atoms with Crippen molar-refractivity contribution >= 4 is 17.6 Å². The van der Waals surface area contributed by atoms with Crippen molar-refractivity contribution in [2.45, 2.75) is 0 Å². The molecule has 2 aromatic carbocycles. The van der Waals surface area contributed by atoms with Crippen LogP contribution in [0.3, 0.4) is 0 Å². The quantitative estimate of drug-likeness (QED) is 0.576. The van der Waals surface area contributed by atoms with E-state index < -0.39 is 0 Å². The van der Waals surface area contributed by atoms with Gasteiger partial charge in [0, 0.05) is 43.6 Å². The number of hydrogen-bond donors (Lipinski definition) is 0. The summed E-state index contributed by atoms with van der Waals surface area (Å²) in [5, 5.41) is 0. The summed E-state index contributed by atoms with van der Waals surface area (Å²) in [5.74, 6) is 0. The Kier molecular flexibility index (Phi) is 6.64. The van der Waals surface area contributed by atoms with Crippen LogP contribution >= 0.6 is 0 Å². The molecule has 0 N–H and O–H groups in total. The number of nitrogens with zero attached hydrogens (tertiary/aromatic N) is 4. The molecule has 2 heterocycles. The van der Waals surface area contributed by atoms with E-state index in [1.54, 1.807) is 0 Å². The Labute approximate surface area is 174 Å². The van der Waals surface area contributed by atoms with Crippen LogP contribution in [0, 0.1) is 0 Å². The minimum Gasteiger partial charge on any atom is -0.374 e. The average molecular weight is 388 g/mol. The second kappa shape index (κ2) is 9.97. The van der Waals surface area contributed by atoms with Crippen molar-refractivity contribution in [3.05, 3.63) is 85.1 Å². The molecule has 2 aliphatic rings. The standard InChI is InChI=1S/C25H31N4/c1-4-10-24(11-5-1)28-20-16-26(17-21-28)14-8-3-9-15-27-18-22-29(23-19-27)25-12-6-2-7-13-25/h1-15H,16-23H2/q+1. The molecule has 2 aromatic rings. The van der Waals surface area contributed by atoms with Crippen molar-refractivity contribution < 1.29 is 4.58 Å². The number of allylic oxidation sites excluding steroid dienone is 3. The lowest BCUT2D eigenvalue weighted by Gasteiger charge is -2.35. The maximum atomic E-state index is 2.46. The zero-order valence-electron chi connectivity index (χ0n) is 17.1. The lowest BCUT2D eigenvalue weighted by molar-refractivity contribution is -0.524. The molecule has 2 fully saturated rings. The third-order valence-corrected chi connectivity index (χ3v) is 5.69. The molecule has 0 unspecified atom stereocenters. The summed E-state index contributed by atoms with van der Waals surface area (Å²) in [6, 6.07) is 21.4. The van der Waals surface area contributed by atoms with E-state index in [2.05, 4.69) is 111 Å². The molecular formula is C25H31N4+. The fourth-order valence-corrected chi connectivity index (χ4v) is 3.94. The van der Waals surface area contributed by atoms with Crippen LogP contribution in [0.15, 0.2) is 85.1 Å². The Bertz CT molecular complexity index is 824. The number of rotatable bonds is 5. The normalized spacial score (nSPS) is 18.1. The van der Waals surface area contributed by atoms with Gasteiger partial charge in [0.15, 0.2) is 19.3 Å². The molecule has 150 valence electrons. The average Bonchev–Trinajstić information content (AvgIpc) is 2.81. The minimum absolute atomic E-state index is 1.07. The lowest BCUT2D eigenvalue weighted by Crippen LogP contribution is -2.44. The van der Waals surface area contributed by atoms with Crippen LogP contribution in [-0.4, -0.2) is 68.0 Å². The fraction of sp³-hybridized carbons (Fsp3) is 0.320. The van der Waals surface area contributed by atoms with Gasteiger partial charge in [-0.05, 0) is 36.5 Å². The number of piperazine rings is 2. The molecule has 4 heteroatoms. The Morgan fingerprint density at radius 3 is 1.72 bits per heavy atom. The van der Waals surface area contributed by atoms with Gasteiger partial charge >= 0.3 is 0 Å². The smallest absolute Gasteiger partial charge is 0.163 e. The van der Waals surface area contributed by atoms with Gasteiger partial charge in [-0.3, -0.25) is 0 Å². The maximum Gasteiger partial charge on any atom is 0.163 e. The minimum atomic E-state index is 1.07. The molecule has 0 aliphatic carbocycles. The third kappa shape index (κ3) is 5.50. The van der Waals surface area contributed by atoms with E-state index in [1.165, 1.54) is 11.4 Å². The molecular weight excluding hydrogens is 356 g/mol. The van der Waals surface area contributed by atoms with Gasteiger partial charge in [0.25, 0.3) is 0 Å². The van der Waals surface area contributed by atoms with Gasteiger partial charge in [0.2, 0.25) is 0 Å². The predicted octanol–water partition coefficient (Wildman–Crippen LogP) is 3.48. The van der Waals surface area contributed by atoms with Crippen LogP contribution in [-0.2, 0) is 0 Å². The zero-order chi connectivity index (χ0) is 19.7. The van der Waals surface area contributed by atoms with Crippen molar-refractivity contribution in [1.29, 1.82) is 0 Å². The van der Waals surface area contributed by atoms with Crippen LogP contribution < -0.4 is 9.80 Å². The third-order valence-electron chi connectivity index (χ3n) is 5.69. The van der Waals surface area contributed by atoms with Crippen LogP contribution in [0.25, 0.3) is 0 Å². The van der Waals surface area contributed by atoms with E-state index in [4.69, 9.17) is 0 Å². The Hall–Kier alpha value is -3.01. The first kappa shape index (κ1) is 19.3. The monoisotopic (exact) mass is 387 g/mol. The highest BCUT2D eigenvalue weighted by molar-refractivity contribution is 5.66. The van der Waals surface area contributed by atoms with E-state index in [0.29, 0.717) is 0 Å². The number of para-hydroxylation sites is 2. The highest BCUT2D eigenvalue weighted by atomic mass is 15.3. The summed E-state index contributed by atoms with van der Waals surface area (Å²) in [7, 11) is 0. The molecule has 29 heavy (non-hydrogen) atoms. The van der Waals surface area contributed by atoms with Gasteiger partial charge in [-0.15, -0.1) is 0 Å². The van der Waals surface area contributed by atoms with Crippen molar-refractivity contribution in [3.8, 4) is 0 Å². The first-order chi connectivity index (χ1) is 14.4. The largest absolute Gasteiger partial charge is 0.374 e. The second-order valence-electron chi connectivity index (χ2n) is 7.59. The molecule has 0 aromatic heterocycles. The van der Waals surface area contributed by atoms with E-state index in [-0.39, 0.29) is 0 Å². The molecule has 4 rings (SSSR count). The van der Waals surface area contributed by atoms with Crippen molar-refractivity contribution in [2.24, 2.45) is 0 Å². The van der Waals surface area contributed by atoms with Crippen molar-refractivity contribution in [3.63, 3.8) is 0 Å². The van der Waals surface area contributed by atoms with Crippen LogP contribution in [0.5, 0.6) is 0 Å². The summed E-state index contributed by atoms with van der Waals surface area (Å²) >= 11 is 0. The Balaban J connectivity index is 1.19. The molecule has 0 bridgehead atoms. The van der Waals surface area contributed by atoms with E-state index in [0.717, 1.165) is 52.4 Å². The SMILES string of the molecule is C(=CC=[N+]1CCN(c2ccccc2)CC1)C=CN1CCN(c2ccccc2)CC1. The van der Waals surface area contributed by atoms with Gasteiger partial charge < -0.3 is 14.7 Å². The first-order valence-electron chi connectivity index (χ1n) is 10.6. The zero-order valence-corrected chi connectivity index (χ0v) is 17.1. The molecule has 0 radical (unpaired) electrons. The number of hydrogen-bond acceptors (Lipinski definition) is 3. The highest BCUT2D eigenvalue weighted by Gasteiger charge is 2.17. The van der Waals surface area contributed by atoms with Gasteiger partial charge in [-0.2, -0.15) is 0 Å². The second-order valence-corrected chi connectivity index (χ2v) is 7.59. The topological polar surface area (TPSA) is 12.7 Å². The summed E-state index contributed by atoms with van der Waals surface area (Å²) < 4.78 is 2.41. The van der Waals surface area contributed by atoms with Crippen molar-refractivity contribution in [2.75, 3.05) is 62.2 Å². The molecule has 4 nitrogen and oxygen atoms in total. The summed E-state index contributed by atoms with van der Waals surface area (Å²) in [6.07, 6.45) is 10.9. The first-order valence-corrected chi connectivity index (χ1v) is 10.6. The predicted molar refractivity (Wildman–Crippen MR) is 123 cm³/mol. The lowest BCUT2D eigenvalue weighted by atomic mass is 10.2. The van der Waals surface area contributed by atoms with Gasteiger partial charge in [0.05, 0.1) is 13.1 Å². The molecule has 0 saturated carbocycles. The molecule has 0 spiro atoms. The summed E-state index contributed by atoms with van der Waals surface area (Å²) in [4.78, 5) is 7.33. The van der Waals surface area contributed by atoms with Gasteiger partial charge in [-0.25, -0.2) is 4.58 Å². The molecule has 2 saturated heterocycles. The summed E-state index contributed by atoms with van der Waals surface area (Å²) in [6.45, 7) is 8.61. The van der Waals surface area contributed by atoms with Crippen LogP contribution in [0.2, 0.25) is 0 Å². The van der Waals surface area contributed by atoms with E-state index in [1.807, 2.05) is 0 Å². The van der Waals surface area contributed by atoms with E-state index in [9.17, 15) is 0 Å². The highest BCUT2D eigenvalue weighted by Crippen LogP contribution is 2.16. The molecule has 0 amide bonds. The maximum absolute atomic E-state index is 2.46. The van der Waals surface area contributed by atoms with Gasteiger partial charge in [-0.1, -0.05) is 42.5 Å². The number of benzene rings is 2. The Morgan fingerprint density at radius 2 is 1.14 bits per heavy atom. The summed E-state index contributed by atoms with van der Waals surface area (Å²) in [5.41, 5.74) is 2.66. The molecule has 2 aliphatic heterocycles. The number of anilines is 2. The fourth-order valence-electron chi connectivity index (χ4n) is 3.94. The Morgan fingerprint density at radius 1 is 0.586 bits per heavy atom. The van der Waals surface area contributed by atoms with E-state index >= 15 is 0 Å².